The molecule has 6 heteroatoms. The Hall–Kier alpha value is -3.67. The van der Waals surface area contributed by atoms with Crippen LogP contribution in [0, 0.1) is 6.92 Å². The highest BCUT2D eigenvalue weighted by Crippen LogP contribution is 2.43. The number of aryl methyl sites for hydroxylation is 1. The number of benzene rings is 2. The SMILES string of the molecule is Cc1ccccc1CNc1nccn2cc(-c3ccc(C(N)=O)c(C4CC4)c3)nc12. The van der Waals surface area contributed by atoms with Crippen LogP contribution in [0.25, 0.3) is 16.9 Å². The first kappa shape index (κ1) is 18.4. The minimum Gasteiger partial charge on any atom is -0.366 e. The van der Waals surface area contributed by atoms with E-state index in [1.165, 1.54) is 11.1 Å². The molecule has 0 radical (unpaired) electrons. The van der Waals surface area contributed by atoms with Crippen molar-refractivity contribution in [3.8, 4) is 11.3 Å². The minimum atomic E-state index is -0.370. The molecule has 1 aliphatic rings. The number of rotatable bonds is 6. The number of imidazole rings is 1. The molecule has 0 unspecified atom stereocenters. The molecular weight excluding hydrogens is 374 g/mol. The summed E-state index contributed by atoms with van der Waals surface area (Å²) in [5, 5.41) is 3.42. The van der Waals surface area contributed by atoms with Gasteiger partial charge < -0.3 is 15.5 Å². The molecule has 2 aromatic carbocycles. The van der Waals surface area contributed by atoms with Crippen molar-refractivity contribution in [2.45, 2.75) is 32.2 Å². The molecule has 3 N–H and O–H groups in total. The van der Waals surface area contributed by atoms with E-state index in [1.54, 1.807) is 6.20 Å². The fourth-order valence-electron chi connectivity index (χ4n) is 3.85. The lowest BCUT2D eigenvalue weighted by atomic mass is 9.98. The molecule has 1 amide bonds. The van der Waals surface area contributed by atoms with Crippen LogP contribution >= 0.6 is 0 Å². The number of primary amides is 1. The molecule has 1 aliphatic carbocycles. The van der Waals surface area contributed by atoms with Crippen molar-refractivity contribution in [3.63, 3.8) is 0 Å². The normalized spacial score (nSPS) is 13.5. The van der Waals surface area contributed by atoms with Crippen molar-refractivity contribution in [2.24, 2.45) is 5.73 Å². The van der Waals surface area contributed by atoms with E-state index in [0.717, 1.165) is 41.1 Å². The molecule has 0 atom stereocenters. The number of carbonyl (C=O) groups is 1. The third-order valence-electron chi connectivity index (χ3n) is 5.71. The Morgan fingerprint density at radius 2 is 2.07 bits per heavy atom. The smallest absolute Gasteiger partial charge is 0.248 e. The number of carbonyl (C=O) groups excluding carboxylic acids is 1. The van der Waals surface area contributed by atoms with Crippen molar-refractivity contribution in [3.05, 3.63) is 83.3 Å². The number of nitrogens with two attached hydrogens (primary N) is 1. The first-order chi connectivity index (χ1) is 14.6. The number of hydrogen-bond acceptors (Lipinski definition) is 4. The van der Waals surface area contributed by atoms with Gasteiger partial charge in [0.25, 0.3) is 0 Å². The first-order valence-corrected chi connectivity index (χ1v) is 10.2. The van der Waals surface area contributed by atoms with E-state index in [-0.39, 0.29) is 5.91 Å². The van der Waals surface area contributed by atoms with Gasteiger partial charge in [-0.2, -0.15) is 0 Å². The molecule has 0 saturated heterocycles. The number of nitrogens with one attached hydrogen (secondary N) is 1. The molecule has 2 aromatic heterocycles. The van der Waals surface area contributed by atoms with Crippen LogP contribution in [0.1, 0.15) is 45.8 Å². The lowest BCUT2D eigenvalue weighted by Crippen LogP contribution is -2.13. The summed E-state index contributed by atoms with van der Waals surface area (Å²) < 4.78 is 1.97. The Kier molecular flexibility index (Phi) is 4.47. The van der Waals surface area contributed by atoms with Gasteiger partial charge in [0.2, 0.25) is 5.91 Å². The van der Waals surface area contributed by atoms with Gasteiger partial charge in [-0.25, -0.2) is 9.97 Å². The fraction of sp³-hybridized carbons (Fsp3) is 0.208. The Balaban J connectivity index is 1.48. The summed E-state index contributed by atoms with van der Waals surface area (Å²) in [6, 6.07) is 14.1. The Morgan fingerprint density at radius 1 is 1.23 bits per heavy atom. The number of amides is 1. The van der Waals surface area contributed by atoms with Gasteiger partial charge in [-0.15, -0.1) is 0 Å². The summed E-state index contributed by atoms with van der Waals surface area (Å²) in [5.41, 5.74) is 12.3. The van der Waals surface area contributed by atoms with Crippen LogP contribution in [0.4, 0.5) is 5.82 Å². The van der Waals surface area contributed by atoms with Crippen LogP contribution in [-0.4, -0.2) is 20.3 Å². The van der Waals surface area contributed by atoms with Gasteiger partial charge in [0.1, 0.15) is 0 Å². The predicted molar refractivity (Wildman–Crippen MR) is 117 cm³/mol. The highest BCUT2D eigenvalue weighted by atomic mass is 16.1. The summed E-state index contributed by atoms with van der Waals surface area (Å²) in [6.07, 6.45) is 7.86. The molecule has 0 spiro atoms. The average Bonchev–Trinajstić information content (AvgIpc) is 3.50. The monoisotopic (exact) mass is 397 g/mol. The lowest BCUT2D eigenvalue weighted by Gasteiger charge is -2.08. The predicted octanol–water partition coefficient (Wildman–Crippen LogP) is 4.29. The van der Waals surface area contributed by atoms with Crippen molar-refractivity contribution < 1.29 is 4.79 Å². The van der Waals surface area contributed by atoms with E-state index in [2.05, 4.69) is 35.4 Å². The molecule has 5 rings (SSSR count). The Morgan fingerprint density at radius 3 is 2.83 bits per heavy atom. The molecule has 6 nitrogen and oxygen atoms in total. The molecule has 1 fully saturated rings. The van der Waals surface area contributed by atoms with E-state index in [9.17, 15) is 4.79 Å². The van der Waals surface area contributed by atoms with Crippen molar-refractivity contribution in [1.29, 1.82) is 0 Å². The second-order valence-corrected chi connectivity index (χ2v) is 7.85. The zero-order valence-corrected chi connectivity index (χ0v) is 16.8. The zero-order chi connectivity index (χ0) is 20.7. The summed E-state index contributed by atoms with van der Waals surface area (Å²) in [4.78, 5) is 21.1. The third kappa shape index (κ3) is 3.41. The summed E-state index contributed by atoms with van der Waals surface area (Å²) in [6.45, 7) is 2.78. The van der Waals surface area contributed by atoms with Crippen LogP contribution in [-0.2, 0) is 6.54 Å². The summed E-state index contributed by atoms with van der Waals surface area (Å²) in [5.74, 6) is 0.797. The largest absolute Gasteiger partial charge is 0.366 e. The molecule has 4 aromatic rings. The van der Waals surface area contributed by atoms with Crippen LogP contribution in [0.15, 0.2) is 61.1 Å². The topological polar surface area (TPSA) is 85.3 Å². The molecule has 30 heavy (non-hydrogen) atoms. The summed E-state index contributed by atoms with van der Waals surface area (Å²) >= 11 is 0. The van der Waals surface area contributed by atoms with Gasteiger partial charge in [-0.3, -0.25) is 4.79 Å². The van der Waals surface area contributed by atoms with Gasteiger partial charge in [-0.1, -0.05) is 30.3 Å². The molecule has 0 aliphatic heterocycles. The molecule has 2 heterocycles. The molecular formula is C24H23N5O. The van der Waals surface area contributed by atoms with Crippen molar-refractivity contribution >= 4 is 17.4 Å². The standard InChI is InChI=1S/C24H23N5O/c1-15-4-2-3-5-18(15)13-27-23-24-28-21(14-29(24)11-10-26-23)17-8-9-19(22(25)30)20(12-17)16-6-7-16/h2-5,8-12,14,16H,6-7,13H2,1H3,(H2,25,30)(H,26,27). The van der Waals surface area contributed by atoms with E-state index in [4.69, 9.17) is 10.7 Å². The maximum absolute atomic E-state index is 11.8. The second-order valence-electron chi connectivity index (χ2n) is 7.85. The van der Waals surface area contributed by atoms with Crippen LogP contribution < -0.4 is 11.1 Å². The number of fused-ring (bicyclic) bond motifs is 1. The lowest BCUT2D eigenvalue weighted by molar-refractivity contribution is 0.0999. The Labute approximate surface area is 174 Å². The van der Waals surface area contributed by atoms with E-state index in [1.807, 2.05) is 41.1 Å². The average molecular weight is 397 g/mol. The third-order valence-corrected chi connectivity index (χ3v) is 5.71. The van der Waals surface area contributed by atoms with E-state index >= 15 is 0 Å². The van der Waals surface area contributed by atoms with E-state index < -0.39 is 0 Å². The highest BCUT2D eigenvalue weighted by molar-refractivity contribution is 5.95. The number of hydrogen-bond donors (Lipinski definition) is 2. The maximum Gasteiger partial charge on any atom is 0.248 e. The molecule has 150 valence electrons. The van der Waals surface area contributed by atoms with Crippen molar-refractivity contribution in [2.75, 3.05) is 5.32 Å². The van der Waals surface area contributed by atoms with Crippen LogP contribution in [0.2, 0.25) is 0 Å². The minimum absolute atomic E-state index is 0.370. The fourth-order valence-corrected chi connectivity index (χ4v) is 3.85. The first-order valence-electron chi connectivity index (χ1n) is 10.2. The molecule has 0 bridgehead atoms. The van der Waals surface area contributed by atoms with Crippen LogP contribution in [0.5, 0.6) is 0 Å². The van der Waals surface area contributed by atoms with Gasteiger partial charge in [0.15, 0.2) is 11.5 Å². The quantitative estimate of drug-likeness (QED) is 0.508. The van der Waals surface area contributed by atoms with E-state index in [0.29, 0.717) is 18.0 Å². The number of aromatic nitrogens is 3. The van der Waals surface area contributed by atoms with Gasteiger partial charge in [0, 0.05) is 36.3 Å². The summed E-state index contributed by atoms with van der Waals surface area (Å²) in [7, 11) is 0. The second kappa shape index (κ2) is 7.30. The zero-order valence-electron chi connectivity index (χ0n) is 16.8. The number of nitrogens with zero attached hydrogens (tertiary/aromatic N) is 3. The van der Waals surface area contributed by atoms with Gasteiger partial charge in [0.05, 0.1) is 5.69 Å². The van der Waals surface area contributed by atoms with Gasteiger partial charge >= 0.3 is 0 Å². The Bertz CT molecular complexity index is 1260. The van der Waals surface area contributed by atoms with Gasteiger partial charge in [-0.05, 0) is 54.5 Å². The van der Waals surface area contributed by atoms with Crippen molar-refractivity contribution in [1.82, 2.24) is 14.4 Å². The number of anilines is 1. The maximum atomic E-state index is 11.8. The molecule has 1 saturated carbocycles. The van der Waals surface area contributed by atoms with Crippen LogP contribution in [0.3, 0.4) is 0 Å². The highest BCUT2D eigenvalue weighted by Gasteiger charge is 2.28.